The molecular formula is C21H30NO6S2+. The van der Waals surface area contributed by atoms with E-state index in [1.54, 1.807) is 0 Å². The molecule has 0 fully saturated rings. The molecule has 166 valence electrons. The van der Waals surface area contributed by atoms with Crippen molar-refractivity contribution in [3.05, 3.63) is 29.8 Å². The number of carboxylic acids is 1. The highest BCUT2D eigenvalue weighted by molar-refractivity contribution is 7.94. The zero-order valence-corrected chi connectivity index (χ0v) is 19.1. The van der Waals surface area contributed by atoms with Gasteiger partial charge in [-0.15, -0.1) is 0 Å². The van der Waals surface area contributed by atoms with E-state index in [9.17, 15) is 22.3 Å². The summed E-state index contributed by atoms with van der Waals surface area (Å²) in [6.07, 6.45) is 3.30. The van der Waals surface area contributed by atoms with Gasteiger partial charge in [0.1, 0.15) is 5.69 Å². The Labute approximate surface area is 181 Å². The van der Waals surface area contributed by atoms with E-state index in [0.29, 0.717) is 28.7 Å². The number of hydrogen-bond acceptors (Lipinski definition) is 5. The second-order valence-corrected chi connectivity index (χ2v) is 10.1. The Morgan fingerprint density at radius 1 is 1.13 bits per heavy atom. The lowest BCUT2D eigenvalue weighted by Crippen LogP contribution is -2.78. The van der Waals surface area contributed by atoms with Crippen molar-refractivity contribution in [1.29, 1.82) is 0 Å². The Morgan fingerprint density at radius 3 is 2.40 bits per heavy atom. The number of aliphatic carboxylic acids is 1. The van der Waals surface area contributed by atoms with E-state index in [2.05, 4.69) is 26.1 Å². The zero-order valence-electron chi connectivity index (χ0n) is 17.5. The van der Waals surface area contributed by atoms with Crippen LogP contribution >= 0.6 is 12.0 Å². The van der Waals surface area contributed by atoms with Gasteiger partial charge in [0.05, 0.1) is 11.4 Å². The van der Waals surface area contributed by atoms with Crippen LogP contribution in [0.1, 0.15) is 58.4 Å². The minimum Gasteiger partial charge on any atom is -0.481 e. The van der Waals surface area contributed by atoms with Crippen LogP contribution in [0.5, 0.6) is 0 Å². The number of unbranched alkanes of at least 4 members (excludes halogenated alkanes) is 2. The molecule has 2 aromatic carbocycles. The number of benzene rings is 2. The minimum atomic E-state index is -4.43. The summed E-state index contributed by atoms with van der Waals surface area (Å²) in [7, 11) is -4.43. The molecule has 9 heteroatoms. The molecule has 0 spiro atoms. The third kappa shape index (κ3) is 5.95. The average molecular weight is 457 g/mol. The van der Waals surface area contributed by atoms with Crippen LogP contribution < -0.4 is 5.32 Å². The topological polar surface area (TPSA) is 129 Å². The molecule has 0 heterocycles. The number of quaternary nitrogens is 1. The molecule has 0 radical (unpaired) electrons. The zero-order chi connectivity index (χ0) is 22.5. The standard InChI is InChI=1S/C21H29NO6S2/c1-4-21(2,3)20-16-12-14(30(26,27)28)13-18(29-25)15(16)9-10-17(20)22-11-7-5-6-8-19(23)24/h9-10,12-13,22,25H,4-8,11H2,1-3H3,(H,23,24)(H,26,27,28)/p+1. The molecule has 0 aliphatic heterocycles. The predicted octanol–water partition coefficient (Wildman–Crippen LogP) is 4.18. The summed E-state index contributed by atoms with van der Waals surface area (Å²) in [5, 5.41) is 12.2. The van der Waals surface area contributed by atoms with Crippen molar-refractivity contribution in [2.24, 2.45) is 0 Å². The number of fused-ring (bicyclic) bond motifs is 1. The second kappa shape index (κ2) is 10.1. The van der Waals surface area contributed by atoms with Gasteiger partial charge in [0.25, 0.3) is 10.1 Å². The molecule has 0 bridgehead atoms. The molecule has 0 aliphatic carbocycles. The predicted molar refractivity (Wildman–Crippen MR) is 118 cm³/mol. The molecule has 0 amide bonds. The van der Waals surface area contributed by atoms with E-state index in [4.69, 9.17) is 5.11 Å². The fourth-order valence-corrected chi connectivity index (χ4v) is 4.64. The molecule has 2 rings (SSSR count). The monoisotopic (exact) mass is 456 g/mol. The van der Waals surface area contributed by atoms with E-state index in [1.807, 2.05) is 12.1 Å². The average Bonchev–Trinajstić information content (AvgIpc) is 2.68. The van der Waals surface area contributed by atoms with Crippen molar-refractivity contribution in [3.63, 3.8) is 0 Å². The van der Waals surface area contributed by atoms with Crippen LogP contribution in [-0.2, 0) is 20.3 Å². The smallest absolute Gasteiger partial charge is 0.303 e. The number of hydrogen-bond donors (Lipinski definition) is 4. The highest BCUT2D eigenvalue weighted by atomic mass is 32.2. The maximum Gasteiger partial charge on any atom is 0.303 e. The van der Waals surface area contributed by atoms with Crippen molar-refractivity contribution in [2.75, 3.05) is 6.54 Å². The largest absolute Gasteiger partial charge is 0.481 e. The third-order valence-corrected chi connectivity index (χ3v) is 6.88. The van der Waals surface area contributed by atoms with E-state index < -0.39 is 16.1 Å². The Bertz CT molecular complexity index is 1020. The van der Waals surface area contributed by atoms with Crippen LogP contribution in [0.15, 0.2) is 34.1 Å². The summed E-state index contributed by atoms with van der Waals surface area (Å²) >= 11 is 0.457. The Morgan fingerprint density at radius 2 is 1.83 bits per heavy atom. The van der Waals surface area contributed by atoms with Gasteiger partial charge in [-0.05, 0) is 66.1 Å². The van der Waals surface area contributed by atoms with Gasteiger partial charge in [-0.2, -0.15) is 8.42 Å². The lowest BCUT2D eigenvalue weighted by Gasteiger charge is -2.27. The van der Waals surface area contributed by atoms with Crippen LogP contribution in [0, 0.1) is 0 Å². The summed E-state index contributed by atoms with van der Waals surface area (Å²) in [6.45, 7) is 7.00. The van der Waals surface area contributed by atoms with Gasteiger partial charge >= 0.3 is 5.97 Å². The van der Waals surface area contributed by atoms with Gasteiger partial charge in [0, 0.05) is 28.9 Å². The van der Waals surface area contributed by atoms with E-state index in [1.165, 1.54) is 12.1 Å². The van der Waals surface area contributed by atoms with Crippen LogP contribution in [-0.4, -0.2) is 35.1 Å². The molecule has 2 aromatic rings. The first-order valence-corrected chi connectivity index (χ1v) is 12.2. The van der Waals surface area contributed by atoms with Gasteiger partial charge in [0.2, 0.25) is 0 Å². The SMILES string of the molecule is CCC(C)(C)c1c([NH2+]CCCCCC(=O)O)ccc2c(SO)cc(S(=O)(=O)O)cc12. The van der Waals surface area contributed by atoms with E-state index in [-0.39, 0.29) is 16.7 Å². The summed E-state index contributed by atoms with van der Waals surface area (Å²) in [6, 6.07) is 6.57. The van der Waals surface area contributed by atoms with Crippen molar-refractivity contribution in [3.8, 4) is 0 Å². The molecule has 7 nitrogen and oxygen atoms in total. The highest BCUT2D eigenvalue weighted by Gasteiger charge is 2.28. The van der Waals surface area contributed by atoms with Crippen LogP contribution in [0.3, 0.4) is 0 Å². The molecule has 0 aliphatic rings. The molecule has 0 atom stereocenters. The van der Waals surface area contributed by atoms with Gasteiger partial charge in [-0.1, -0.05) is 20.8 Å². The van der Waals surface area contributed by atoms with E-state index >= 15 is 0 Å². The molecule has 5 N–H and O–H groups in total. The van der Waals surface area contributed by atoms with Crippen LogP contribution in [0.4, 0.5) is 5.69 Å². The number of carboxylic acid groups (broad SMARTS) is 1. The van der Waals surface area contributed by atoms with Crippen molar-refractivity contribution in [1.82, 2.24) is 0 Å². The number of rotatable bonds is 11. The lowest BCUT2D eigenvalue weighted by atomic mass is 9.78. The van der Waals surface area contributed by atoms with Gasteiger partial charge < -0.3 is 15.0 Å². The van der Waals surface area contributed by atoms with Crippen LogP contribution in [0.2, 0.25) is 0 Å². The summed E-state index contributed by atoms with van der Waals surface area (Å²) in [5.41, 5.74) is 1.67. The molecule has 30 heavy (non-hydrogen) atoms. The number of nitrogens with two attached hydrogens (primary N) is 1. The van der Waals surface area contributed by atoms with Crippen molar-refractivity contribution >= 4 is 44.6 Å². The summed E-state index contributed by atoms with van der Waals surface area (Å²) in [5.74, 6) is -0.785. The van der Waals surface area contributed by atoms with Gasteiger partial charge in [0.15, 0.2) is 0 Å². The first-order valence-electron chi connectivity index (χ1n) is 9.96. The fraction of sp³-hybridized carbons (Fsp3) is 0.476. The molecule has 0 saturated carbocycles. The highest BCUT2D eigenvalue weighted by Crippen LogP contribution is 2.40. The third-order valence-electron chi connectivity index (χ3n) is 5.52. The fourth-order valence-electron chi connectivity index (χ4n) is 3.57. The minimum absolute atomic E-state index is 0.171. The Balaban J connectivity index is 2.50. The Kier molecular flexibility index (Phi) is 8.29. The lowest BCUT2D eigenvalue weighted by molar-refractivity contribution is -0.572. The molecule has 0 saturated heterocycles. The maximum absolute atomic E-state index is 11.8. The first-order chi connectivity index (χ1) is 14.0. The quantitative estimate of drug-likeness (QED) is 0.173. The maximum atomic E-state index is 11.8. The summed E-state index contributed by atoms with van der Waals surface area (Å²) in [4.78, 5) is 10.8. The summed E-state index contributed by atoms with van der Waals surface area (Å²) < 4.78 is 42.9. The molecule has 0 aromatic heterocycles. The van der Waals surface area contributed by atoms with Crippen molar-refractivity contribution in [2.45, 2.75) is 68.1 Å². The van der Waals surface area contributed by atoms with Gasteiger partial charge in [-0.3, -0.25) is 9.35 Å². The normalized spacial score (nSPS) is 12.4. The first kappa shape index (κ1) is 24.6. The molecule has 0 unspecified atom stereocenters. The number of carbonyl (C=O) groups is 1. The van der Waals surface area contributed by atoms with Crippen molar-refractivity contribution < 1.29 is 32.7 Å². The van der Waals surface area contributed by atoms with E-state index in [0.717, 1.165) is 42.4 Å². The molecular weight excluding hydrogens is 426 g/mol. The Hall–Kier alpha value is -1.65. The van der Waals surface area contributed by atoms with Crippen LogP contribution in [0.25, 0.3) is 10.8 Å². The second-order valence-electron chi connectivity index (χ2n) is 8.05. The van der Waals surface area contributed by atoms with Gasteiger partial charge in [-0.25, -0.2) is 0 Å².